The van der Waals surface area contributed by atoms with Gasteiger partial charge in [0.1, 0.15) is 0 Å². The molecular formula is C22H28S. The standard InChI is InChI=1S/C22H28S/c1-7-10-20(11-8-2)17(3)14-15-18(4)21-12-9-13-22(23-6)19(5)16-21/h7-12,16H,1,3-4,13-15H2,2,5-6H3/b11-8-,20-10+. The molecule has 1 aliphatic rings. The third kappa shape index (κ3) is 6.11. The minimum absolute atomic E-state index is 0.909. The van der Waals surface area contributed by atoms with Crippen molar-refractivity contribution in [1.82, 2.24) is 0 Å². The largest absolute Gasteiger partial charge is 0.133 e. The number of hydrogen-bond donors (Lipinski definition) is 0. The lowest BCUT2D eigenvalue weighted by molar-refractivity contribution is 0.957. The van der Waals surface area contributed by atoms with Gasteiger partial charge in [-0.3, -0.25) is 0 Å². The molecule has 0 aliphatic heterocycles. The Kier molecular flexibility index (Phi) is 8.50. The summed E-state index contributed by atoms with van der Waals surface area (Å²) in [6.07, 6.45) is 19.6. The molecule has 0 nitrogen and oxygen atoms in total. The monoisotopic (exact) mass is 324 g/mol. The molecule has 0 saturated carbocycles. The van der Waals surface area contributed by atoms with Gasteiger partial charge in [0.05, 0.1) is 0 Å². The van der Waals surface area contributed by atoms with Crippen LogP contribution in [0.1, 0.15) is 33.1 Å². The Bertz CT molecular complexity index is 618. The van der Waals surface area contributed by atoms with Gasteiger partial charge in [0.25, 0.3) is 0 Å². The maximum absolute atomic E-state index is 4.28. The van der Waals surface area contributed by atoms with Gasteiger partial charge in [0.2, 0.25) is 0 Å². The van der Waals surface area contributed by atoms with E-state index in [0.717, 1.165) is 30.4 Å². The van der Waals surface area contributed by atoms with E-state index < -0.39 is 0 Å². The van der Waals surface area contributed by atoms with Crippen LogP contribution in [0.2, 0.25) is 0 Å². The fraction of sp³-hybridized carbons (Fsp3) is 0.273. The molecule has 0 heterocycles. The van der Waals surface area contributed by atoms with E-state index in [1.54, 1.807) is 0 Å². The summed E-state index contributed by atoms with van der Waals surface area (Å²) in [6.45, 7) is 16.5. The van der Waals surface area contributed by atoms with Crippen LogP contribution < -0.4 is 0 Å². The van der Waals surface area contributed by atoms with Crippen LogP contribution in [-0.4, -0.2) is 6.26 Å². The predicted octanol–water partition coefficient (Wildman–Crippen LogP) is 7.09. The van der Waals surface area contributed by atoms with Crippen molar-refractivity contribution >= 4 is 11.8 Å². The van der Waals surface area contributed by atoms with Gasteiger partial charge < -0.3 is 0 Å². The zero-order valence-electron chi connectivity index (χ0n) is 14.7. The average molecular weight is 325 g/mol. The Balaban J connectivity index is 2.77. The molecule has 1 aliphatic carbocycles. The number of thioether (sulfide) groups is 1. The van der Waals surface area contributed by atoms with Crippen molar-refractivity contribution in [3.05, 3.63) is 95.0 Å². The third-order valence-electron chi connectivity index (χ3n) is 3.85. The molecule has 0 radical (unpaired) electrons. The van der Waals surface area contributed by atoms with Crippen LogP contribution in [0.25, 0.3) is 0 Å². The summed E-state index contributed by atoms with van der Waals surface area (Å²) < 4.78 is 0. The van der Waals surface area contributed by atoms with Crippen molar-refractivity contribution in [2.75, 3.05) is 6.26 Å². The van der Waals surface area contributed by atoms with Gasteiger partial charge in [0, 0.05) is 0 Å². The molecular weight excluding hydrogens is 296 g/mol. The Morgan fingerprint density at radius 2 is 2.04 bits per heavy atom. The molecule has 1 heteroatoms. The summed E-state index contributed by atoms with van der Waals surface area (Å²) in [7, 11) is 0. The summed E-state index contributed by atoms with van der Waals surface area (Å²) in [5, 5.41) is 0. The topological polar surface area (TPSA) is 0 Å². The maximum atomic E-state index is 4.28. The molecule has 0 saturated heterocycles. The van der Waals surface area contributed by atoms with Crippen LogP contribution in [0.4, 0.5) is 0 Å². The van der Waals surface area contributed by atoms with Crippen molar-refractivity contribution in [3.63, 3.8) is 0 Å². The summed E-state index contributed by atoms with van der Waals surface area (Å²) in [4.78, 5) is 1.43. The van der Waals surface area contributed by atoms with Crippen molar-refractivity contribution < 1.29 is 0 Å². The van der Waals surface area contributed by atoms with E-state index in [9.17, 15) is 0 Å². The smallest absolute Gasteiger partial charge is 0.00314 e. The number of hydrogen-bond acceptors (Lipinski definition) is 1. The fourth-order valence-corrected chi connectivity index (χ4v) is 3.11. The van der Waals surface area contributed by atoms with Crippen LogP contribution in [0.3, 0.4) is 0 Å². The first-order valence-corrected chi connectivity index (χ1v) is 9.19. The molecule has 0 spiro atoms. The number of allylic oxidation sites excluding steroid dienone is 13. The van der Waals surface area contributed by atoms with Crippen molar-refractivity contribution in [2.24, 2.45) is 0 Å². The van der Waals surface area contributed by atoms with Gasteiger partial charge in [-0.15, -0.1) is 11.8 Å². The predicted molar refractivity (Wildman–Crippen MR) is 109 cm³/mol. The lowest BCUT2D eigenvalue weighted by atomic mass is 9.95. The first kappa shape index (κ1) is 19.3. The van der Waals surface area contributed by atoms with Gasteiger partial charge >= 0.3 is 0 Å². The molecule has 0 bridgehead atoms. The molecule has 0 atom stereocenters. The van der Waals surface area contributed by atoms with E-state index in [0.29, 0.717) is 0 Å². The normalized spacial score (nSPS) is 15.6. The first-order valence-electron chi connectivity index (χ1n) is 7.97. The van der Waals surface area contributed by atoms with Gasteiger partial charge in [-0.1, -0.05) is 62.3 Å². The first-order chi connectivity index (χ1) is 11.0. The second kappa shape index (κ2) is 10.1. The summed E-state index contributed by atoms with van der Waals surface area (Å²) in [5.41, 5.74) is 6.02. The third-order valence-corrected chi connectivity index (χ3v) is 4.83. The van der Waals surface area contributed by atoms with Gasteiger partial charge in [-0.25, -0.2) is 0 Å². The van der Waals surface area contributed by atoms with E-state index in [2.05, 4.69) is 57.2 Å². The molecule has 122 valence electrons. The molecule has 0 aromatic heterocycles. The molecule has 0 unspecified atom stereocenters. The highest BCUT2D eigenvalue weighted by Crippen LogP contribution is 2.29. The van der Waals surface area contributed by atoms with Crippen molar-refractivity contribution in [2.45, 2.75) is 33.1 Å². The highest BCUT2D eigenvalue weighted by Gasteiger charge is 2.08. The summed E-state index contributed by atoms with van der Waals surface area (Å²) >= 11 is 1.83. The zero-order valence-corrected chi connectivity index (χ0v) is 15.5. The summed E-state index contributed by atoms with van der Waals surface area (Å²) in [6, 6.07) is 0. The van der Waals surface area contributed by atoms with Crippen LogP contribution in [-0.2, 0) is 0 Å². The van der Waals surface area contributed by atoms with Crippen LogP contribution in [0.5, 0.6) is 0 Å². The second-order valence-electron chi connectivity index (χ2n) is 5.58. The fourth-order valence-electron chi connectivity index (χ4n) is 2.47. The Morgan fingerprint density at radius 1 is 1.30 bits per heavy atom. The molecule has 0 amide bonds. The van der Waals surface area contributed by atoms with Crippen molar-refractivity contribution in [3.8, 4) is 0 Å². The van der Waals surface area contributed by atoms with Gasteiger partial charge in [-0.05, 0) is 72.1 Å². The minimum Gasteiger partial charge on any atom is -0.133 e. The van der Waals surface area contributed by atoms with Crippen molar-refractivity contribution in [1.29, 1.82) is 0 Å². The van der Waals surface area contributed by atoms with Gasteiger partial charge in [0.15, 0.2) is 0 Å². The summed E-state index contributed by atoms with van der Waals surface area (Å²) in [5.74, 6) is 0. The van der Waals surface area contributed by atoms with E-state index in [1.165, 1.54) is 21.6 Å². The highest BCUT2D eigenvalue weighted by atomic mass is 32.2. The Hall–Kier alpha value is -1.73. The SMILES string of the molecule is C=C/C=C(\C=C/C)C(=C)CCC(=C)C1=CC(C)=C(SC)CC=C1. The molecule has 0 fully saturated rings. The number of rotatable bonds is 8. The molecule has 0 aromatic carbocycles. The zero-order chi connectivity index (χ0) is 17.2. The lowest BCUT2D eigenvalue weighted by Gasteiger charge is -2.10. The molecule has 1 rings (SSSR count). The Morgan fingerprint density at radius 3 is 2.65 bits per heavy atom. The van der Waals surface area contributed by atoms with Crippen LogP contribution in [0, 0.1) is 0 Å². The maximum Gasteiger partial charge on any atom is -0.00314 e. The highest BCUT2D eigenvalue weighted by molar-refractivity contribution is 8.02. The van der Waals surface area contributed by atoms with Crippen LogP contribution in [0.15, 0.2) is 95.0 Å². The molecule has 0 N–H and O–H groups in total. The van der Waals surface area contributed by atoms with E-state index in [4.69, 9.17) is 0 Å². The molecule has 0 aromatic rings. The van der Waals surface area contributed by atoms with Crippen LogP contribution >= 0.6 is 11.8 Å². The lowest BCUT2D eigenvalue weighted by Crippen LogP contribution is -1.91. The van der Waals surface area contributed by atoms with E-state index in [-0.39, 0.29) is 0 Å². The van der Waals surface area contributed by atoms with E-state index >= 15 is 0 Å². The second-order valence-corrected chi connectivity index (χ2v) is 6.48. The Labute approximate surface area is 146 Å². The van der Waals surface area contributed by atoms with E-state index in [1.807, 2.05) is 36.9 Å². The van der Waals surface area contributed by atoms with Gasteiger partial charge in [-0.2, -0.15) is 0 Å². The average Bonchev–Trinajstić information content (AvgIpc) is 2.73. The molecule has 23 heavy (non-hydrogen) atoms. The minimum atomic E-state index is 0.909. The quantitative estimate of drug-likeness (QED) is 0.429.